The van der Waals surface area contributed by atoms with Gasteiger partial charge in [-0.1, -0.05) is 41.9 Å². The summed E-state index contributed by atoms with van der Waals surface area (Å²) in [6, 6.07) is 13.0. The van der Waals surface area contributed by atoms with E-state index in [0.29, 0.717) is 34.1 Å². The number of Topliss-reactive ketones (excluding diaryl/α,β-unsaturated/α-hetero) is 1. The molecule has 43 heavy (non-hydrogen) atoms. The van der Waals surface area contributed by atoms with Crippen LogP contribution in [0.2, 0.25) is 5.02 Å². The average Bonchev–Trinajstić information content (AvgIpc) is 2.98. The number of carbonyl (C=O) groups is 3. The van der Waals surface area contributed by atoms with E-state index in [1.165, 1.54) is 11.0 Å². The summed E-state index contributed by atoms with van der Waals surface area (Å²) in [5, 5.41) is 3.43. The lowest BCUT2D eigenvalue weighted by molar-refractivity contribution is -0.124. The van der Waals surface area contributed by atoms with Crippen LogP contribution in [0.3, 0.4) is 0 Å². The largest absolute Gasteiger partial charge is 0.383 e. The third-order valence-electron chi connectivity index (χ3n) is 7.14. The van der Waals surface area contributed by atoms with Gasteiger partial charge in [0.25, 0.3) is 11.7 Å². The molecule has 1 fully saturated rings. The number of aromatic nitrogens is 2. The van der Waals surface area contributed by atoms with Gasteiger partial charge < -0.3 is 24.9 Å². The van der Waals surface area contributed by atoms with Gasteiger partial charge in [-0.15, -0.1) is 0 Å². The highest BCUT2D eigenvalue weighted by atomic mass is 35.5. The van der Waals surface area contributed by atoms with E-state index in [2.05, 4.69) is 27.1 Å². The van der Waals surface area contributed by atoms with E-state index in [0.717, 1.165) is 43.1 Å². The maximum atomic E-state index is 12.8. The van der Waals surface area contributed by atoms with Crippen molar-refractivity contribution in [3.63, 3.8) is 0 Å². The van der Waals surface area contributed by atoms with E-state index in [4.69, 9.17) is 16.6 Å². The predicted octanol–water partition coefficient (Wildman–Crippen LogP) is 3.35. The van der Waals surface area contributed by atoms with Crippen LogP contribution in [-0.4, -0.2) is 104 Å². The number of nitrogens with zero attached hydrogens (tertiary/aromatic N) is 6. The van der Waals surface area contributed by atoms with Gasteiger partial charge in [0.15, 0.2) is 0 Å². The minimum atomic E-state index is -0.595. The second-order valence-electron chi connectivity index (χ2n) is 11.0. The van der Waals surface area contributed by atoms with Crippen LogP contribution in [0.5, 0.6) is 0 Å². The van der Waals surface area contributed by atoms with Gasteiger partial charge in [0, 0.05) is 91.2 Å². The summed E-state index contributed by atoms with van der Waals surface area (Å²) in [4.78, 5) is 54.8. The SMILES string of the molecule is CN(C)/C=C/C(=O)Nc1cc(Cc2ncc(Cl)c(Cc3ccccc3C(=O)C(=O)N(C)C)n2)ccc1N1CCN(C)CC1. The zero-order valence-electron chi connectivity index (χ0n) is 25.3. The zero-order valence-corrected chi connectivity index (χ0v) is 26.1. The Labute approximate surface area is 258 Å². The van der Waals surface area contributed by atoms with Gasteiger partial charge >= 0.3 is 0 Å². The van der Waals surface area contributed by atoms with Crippen molar-refractivity contribution in [2.24, 2.45) is 0 Å². The van der Waals surface area contributed by atoms with Crippen molar-refractivity contribution in [2.75, 3.05) is 71.6 Å². The van der Waals surface area contributed by atoms with E-state index < -0.39 is 11.7 Å². The fourth-order valence-corrected chi connectivity index (χ4v) is 4.90. The van der Waals surface area contributed by atoms with Gasteiger partial charge in [-0.2, -0.15) is 0 Å². The fourth-order valence-electron chi connectivity index (χ4n) is 4.74. The molecule has 1 aromatic heterocycles. The highest BCUT2D eigenvalue weighted by Crippen LogP contribution is 2.29. The molecule has 11 heteroatoms. The number of amides is 2. The van der Waals surface area contributed by atoms with Crippen LogP contribution in [0.15, 0.2) is 60.9 Å². The number of likely N-dealkylation sites (N-methyl/N-ethyl adjacent to an activating group) is 2. The molecule has 4 rings (SSSR count). The van der Waals surface area contributed by atoms with Crippen molar-refractivity contribution in [3.05, 3.63) is 94.2 Å². The smallest absolute Gasteiger partial charge is 0.294 e. The Morgan fingerprint density at radius 1 is 1.00 bits per heavy atom. The molecule has 226 valence electrons. The number of hydrogen-bond acceptors (Lipinski definition) is 8. The number of hydrogen-bond donors (Lipinski definition) is 1. The predicted molar refractivity (Wildman–Crippen MR) is 170 cm³/mol. The maximum absolute atomic E-state index is 12.8. The minimum Gasteiger partial charge on any atom is -0.383 e. The molecule has 1 N–H and O–H groups in total. The highest BCUT2D eigenvalue weighted by molar-refractivity contribution is 6.43. The maximum Gasteiger partial charge on any atom is 0.294 e. The summed E-state index contributed by atoms with van der Waals surface area (Å²) in [6.07, 6.45) is 5.44. The number of piperazine rings is 1. The topological polar surface area (TPSA) is 102 Å². The van der Waals surface area contributed by atoms with Crippen LogP contribution in [0, 0.1) is 0 Å². The first-order valence-corrected chi connectivity index (χ1v) is 14.5. The average molecular weight is 604 g/mol. The zero-order chi connectivity index (χ0) is 31.1. The summed E-state index contributed by atoms with van der Waals surface area (Å²) < 4.78 is 0. The summed E-state index contributed by atoms with van der Waals surface area (Å²) >= 11 is 6.49. The second kappa shape index (κ2) is 14.3. The summed E-state index contributed by atoms with van der Waals surface area (Å²) in [5.74, 6) is -0.847. The lowest BCUT2D eigenvalue weighted by Crippen LogP contribution is -2.44. The highest BCUT2D eigenvalue weighted by Gasteiger charge is 2.22. The number of anilines is 2. The quantitative estimate of drug-likeness (QED) is 0.214. The van der Waals surface area contributed by atoms with Crippen LogP contribution in [0.25, 0.3) is 0 Å². The van der Waals surface area contributed by atoms with Crippen molar-refractivity contribution in [1.82, 2.24) is 24.7 Å². The molecule has 10 nitrogen and oxygen atoms in total. The molecule has 0 unspecified atom stereocenters. The first kappa shape index (κ1) is 31.7. The van der Waals surface area contributed by atoms with Crippen LogP contribution < -0.4 is 10.2 Å². The molecule has 0 spiro atoms. The Kier molecular flexibility index (Phi) is 10.5. The first-order valence-electron chi connectivity index (χ1n) is 14.1. The molecule has 0 bridgehead atoms. The Morgan fingerprint density at radius 3 is 2.42 bits per heavy atom. The molecule has 1 aliphatic heterocycles. The van der Waals surface area contributed by atoms with Gasteiger partial charge in [-0.25, -0.2) is 9.97 Å². The second-order valence-corrected chi connectivity index (χ2v) is 11.4. The number of halogens is 1. The lowest BCUT2D eigenvalue weighted by Gasteiger charge is -2.35. The first-order chi connectivity index (χ1) is 20.5. The van der Waals surface area contributed by atoms with E-state index >= 15 is 0 Å². The van der Waals surface area contributed by atoms with Crippen molar-refractivity contribution in [3.8, 4) is 0 Å². The van der Waals surface area contributed by atoms with E-state index in [1.54, 1.807) is 49.6 Å². The Balaban J connectivity index is 1.60. The molecule has 3 aromatic rings. The molecular weight excluding hydrogens is 566 g/mol. The van der Waals surface area contributed by atoms with E-state index in [1.807, 2.05) is 38.4 Å². The lowest BCUT2D eigenvalue weighted by atomic mass is 9.99. The van der Waals surface area contributed by atoms with Gasteiger partial charge in [0.05, 0.1) is 22.1 Å². The molecule has 1 saturated heterocycles. The van der Waals surface area contributed by atoms with Crippen LogP contribution in [-0.2, 0) is 22.4 Å². The normalized spacial score (nSPS) is 13.7. The van der Waals surface area contributed by atoms with Crippen LogP contribution in [0.4, 0.5) is 11.4 Å². The minimum absolute atomic E-state index is 0.216. The van der Waals surface area contributed by atoms with Crippen LogP contribution in [0.1, 0.15) is 33.0 Å². The Hall–Kier alpha value is -4.28. The fraction of sp³-hybridized carbons (Fsp3) is 0.344. The van der Waals surface area contributed by atoms with Crippen molar-refractivity contribution < 1.29 is 14.4 Å². The number of rotatable bonds is 10. The molecular formula is C32H38ClN7O3. The van der Waals surface area contributed by atoms with Gasteiger partial charge in [-0.05, 0) is 30.3 Å². The molecule has 2 heterocycles. The molecule has 0 atom stereocenters. The Morgan fingerprint density at radius 2 is 1.72 bits per heavy atom. The van der Waals surface area contributed by atoms with Crippen molar-refractivity contribution in [1.29, 1.82) is 0 Å². The van der Waals surface area contributed by atoms with E-state index in [-0.39, 0.29) is 12.3 Å². The van der Waals surface area contributed by atoms with E-state index in [9.17, 15) is 14.4 Å². The van der Waals surface area contributed by atoms with Gasteiger partial charge in [-0.3, -0.25) is 14.4 Å². The standard InChI is InChI=1S/C32H38ClN7O3/c1-37(2)13-12-30(41)36-27-18-22(10-11-28(27)40-16-14-39(5)15-17-40)19-29-34-21-25(33)26(35-29)20-23-8-6-7-9-24(23)31(42)32(43)38(3)4/h6-13,18,21H,14-17,19-20H2,1-5H3,(H,36,41)/b13-12+. The van der Waals surface area contributed by atoms with Crippen molar-refractivity contribution >= 4 is 40.6 Å². The number of ketones is 1. The third kappa shape index (κ3) is 8.39. The number of carbonyl (C=O) groups excluding carboxylic acids is 3. The molecule has 0 aliphatic carbocycles. The molecule has 0 radical (unpaired) electrons. The van der Waals surface area contributed by atoms with Crippen LogP contribution >= 0.6 is 11.6 Å². The number of benzene rings is 2. The summed E-state index contributed by atoms with van der Waals surface area (Å²) in [6.45, 7) is 3.60. The van der Waals surface area contributed by atoms with Gasteiger partial charge in [0.2, 0.25) is 5.91 Å². The summed E-state index contributed by atoms with van der Waals surface area (Å²) in [7, 11) is 8.92. The number of nitrogens with one attached hydrogen (secondary N) is 1. The molecule has 0 saturated carbocycles. The van der Waals surface area contributed by atoms with Crippen molar-refractivity contribution in [2.45, 2.75) is 12.8 Å². The van der Waals surface area contributed by atoms with Gasteiger partial charge in [0.1, 0.15) is 5.82 Å². The third-order valence-corrected chi connectivity index (χ3v) is 7.45. The Bertz CT molecular complexity index is 1510. The summed E-state index contributed by atoms with van der Waals surface area (Å²) in [5.41, 5.74) is 4.14. The molecule has 2 aromatic carbocycles. The monoisotopic (exact) mass is 603 g/mol. The molecule has 1 aliphatic rings. The molecule has 2 amide bonds.